The highest BCUT2D eigenvalue weighted by molar-refractivity contribution is 6.43. The lowest BCUT2D eigenvalue weighted by Crippen LogP contribution is -2.42. The number of imide groups is 1. The summed E-state index contributed by atoms with van der Waals surface area (Å²) in [6, 6.07) is 14.1. The number of amides is 2. The molecule has 0 spiro atoms. The molecule has 1 aliphatic heterocycles. The smallest absolute Gasteiger partial charge is 0.266 e. The maximum absolute atomic E-state index is 13.3. The van der Waals surface area contributed by atoms with E-state index in [1.165, 1.54) is 12.0 Å². The van der Waals surface area contributed by atoms with Crippen molar-refractivity contribution in [1.29, 1.82) is 0 Å². The number of methoxy groups -OCH3 is 1. The van der Waals surface area contributed by atoms with Crippen LogP contribution in [0, 0.1) is 0 Å². The molecule has 2 amide bonds. The number of ether oxygens (including phenoxy) is 1. The topological polar surface area (TPSA) is 64.4 Å². The second-order valence-electron chi connectivity index (χ2n) is 6.17. The quantitative estimate of drug-likeness (QED) is 0.532. The second kappa shape index (κ2) is 6.57. The fourth-order valence-corrected chi connectivity index (χ4v) is 3.21. The van der Waals surface area contributed by atoms with Crippen LogP contribution in [0.4, 0.5) is 5.69 Å². The molecule has 0 N–H and O–H groups in total. The van der Waals surface area contributed by atoms with Gasteiger partial charge in [-0.15, -0.1) is 0 Å². The first-order valence-electron chi connectivity index (χ1n) is 8.41. The predicted molar refractivity (Wildman–Crippen MR) is 102 cm³/mol. The molecule has 0 bridgehead atoms. The molecule has 2 heterocycles. The van der Waals surface area contributed by atoms with Gasteiger partial charge in [-0.25, -0.2) is 4.90 Å². The van der Waals surface area contributed by atoms with Crippen LogP contribution in [0.15, 0.2) is 60.9 Å². The Kier molecular flexibility index (Phi) is 4.08. The first-order valence-corrected chi connectivity index (χ1v) is 8.41. The van der Waals surface area contributed by atoms with E-state index in [1.54, 1.807) is 59.4 Å². The lowest BCUT2D eigenvalue weighted by molar-refractivity contribution is -0.112. The van der Waals surface area contributed by atoms with Crippen LogP contribution in [0.25, 0.3) is 11.6 Å². The van der Waals surface area contributed by atoms with Gasteiger partial charge in [0.25, 0.3) is 11.8 Å². The van der Waals surface area contributed by atoms with E-state index in [0.29, 0.717) is 28.1 Å². The van der Waals surface area contributed by atoms with Crippen molar-refractivity contribution < 1.29 is 14.3 Å². The number of benzene rings is 2. The molecule has 0 fully saturated rings. The summed E-state index contributed by atoms with van der Waals surface area (Å²) in [5, 5.41) is 4.14. The van der Waals surface area contributed by atoms with Gasteiger partial charge >= 0.3 is 0 Å². The number of aryl methyl sites for hydroxylation is 1. The van der Waals surface area contributed by atoms with Crippen molar-refractivity contribution in [3.8, 4) is 5.75 Å². The van der Waals surface area contributed by atoms with E-state index < -0.39 is 5.91 Å². The van der Waals surface area contributed by atoms with Crippen molar-refractivity contribution in [2.75, 3.05) is 12.0 Å². The maximum Gasteiger partial charge on any atom is 0.266 e. The highest BCUT2D eigenvalue weighted by Gasteiger charge is 2.37. The van der Waals surface area contributed by atoms with Crippen molar-refractivity contribution in [3.05, 3.63) is 77.6 Å². The Labute approximate surface area is 156 Å². The predicted octanol–water partition coefficient (Wildman–Crippen LogP) is 3.16. The zero-order chi connectivity index (χ0) is 19.0. The van der Waals surface area contributed by atoms with Gasteiger partial charge in [0, 0.05) is 29.9 Å². The SMILES string of the molecule is COc1ccccc1N1C(=O)/C(=C\c2cnn(C)c2)c2ccccc2C1=O. The molecule has 6 heteroatoms. The number of fused-ring (bicyclic) bond motifs is 1. The summed E-state index contributed by atoms with van der Waals surface area (Å²) < 4.78 is 7.02. The Morgan fingerprint density at radius 3 is 2.37 bits per heavy atom. The molecule has 0 saturated heterocycles. The molecule has 2 aromatic carbocycles. The number of carbonyl (C=O) groups is 2. The summed E-state index contributed by atoms with van der Waals surface area (Å²) in [7, 11) is 3.32. The number of para-hydroxylation sites is 2. The van der Waals surface area contributed by atoms with Gasteiger partial charge < -0.3 is 4.74 Å². The third-order valence-electron chi connectivity index (χ3n) is 4.45. The lowest BCUT2D eigenvalue weighted by Gasteiger charge is -2.29. The van der Waals surface area contributed by atoms with Crippen LogP contribution in [-0.4, -0.2) is 28.7 Å². The van der Waals surface area contributed by atoms with Gasteiger partial charge in [-0.1, -0.05) is 30.3 Å². The second-order valence-corrected chi connectivity index (χ2v) is 6.17. The average Bonchev–Trinajstić information content (AvgIpc) is 3.10. The molecule has 3 aromatic rings. The fraction of sp³-hybridized carbons (Fsp3) is 0.0952. The van der Waals surface area contributed by atoms with Crippen molar-refractivity contribution in [2.45, 2.75) is 0 Å². The fourth-order valence-electron chi connectivity index (χ4n) is 3.21. The zero-order valence-corrected chi connectivity index (χ0v) is 14.9. The van der Waals surface area contributed by atoms with E-state index in [4.69, 9.17) is 4.74 Å². The first kappa shape index (κ1) is 16.8. The normalized spacial score (nSPS) is 15.2. The van der Waals surface area contributed by atoms with Crippen LogP contribution < -0.4 is 9.64 Å². The van der Waals surface area contributed by atoms with Gasteiger partial charge in [0.1, 0.15) is 5.75 Å². The van der Waals surface area contributed by atoms with E-state index in [1.807, 2.05) is 19.3 Å². The molecule has 0 saturated carbocycles. The number of aromatic nitrogens is 2. The van der Waals surface area contributed by atoms with Gasteiger partial charge in [0.15, 0.2) is 0 Å². The first-order chi connectivity index (χ1) is 13.1. The van der Waals surface area contributed by atoms with Crippen LogP contribution in [0.1, 0.15) is 21.5 Å². The highest BCUT2D eigenvalue weighted by Crippen LogP contribution is 2.37. The van der Waals surface area contributed by atoms with Crippen molar-refractivity contribution in [1.82, 2.24) is 9.78 Å². The summed E-state index contributed by atoms with van der Waals surface area (Å²) in [5.41, 5.74) is 2.72. The Bertz CT molecular complexity index is 1080. The monoisotopic (exact) mass is 359 g/mol. The minimum atomic E-state index is -0.396. The molecule has 4 rings (SSSR count). The Hall–Kier alpha value is -3.67. The van der Waals surface area contributed by atoms with Crippen LogP contribution in [0.2, 0.25) is 0 Å². The zero-order valence-electron chi connectivity index (χ0n) is 14.9. The number of hydrogen-bond acceptors (Lipinski definition) is 4. The van der Waals surface area contributed by atoms with Crippen molar-refractivity contribution >= 4 is 29.2 Å². The molecule has 1 aliphatic rings. The molecule has 0 unspecified atom stereocenters. The Morgan fingerprint density at radius 1 is 0.963 bits per heavy atom. The van der Waals surface area contributed by atoms with Crippen LogP contribution in [-0.2, 0) is 11.8 Å². The number of hydrogen-bond donors (Lipinski definition) is 0. The van der Waals surface area contributed by atoms with Crippen molar-refractivity contribution in [2.24, 2.45) is 7.05 Å². The maximum atomic E-state index is 13.3. The molecular weight excluding hydrogens is 342 g/mol. The molecule has 6 nitrogen and oxygen atoms in total. The van der Waals surface area contributed by atoms with Gasteiger partial charge in [-0.05, 0) is 29.8 Å². The Morgan fingerprint density at radius 2 is 1.67 bits per heavy atom. The number of anilines is 1. The van der Waals surface area contributed by atoms with Crippen molar-refractivity contribution in [3.63, 3.8) is 0 Å². The molecule has 0 atom stereocenters. The van der Waals surface area contributed by atoms with Gasteiger partial charge in [-0.3, -0.25) is 14.3 Å². The third-order valence-corrected chi connectivity index (χ3v) is 4.45. The van der Waals surface area contributed by atoms with E-state index in [-0.39, 0.29) is 5.91 Å². The van der Waals surface area contributed by atoms with Gasteiger partial charge in [0.2, 0.25) is 0 Å². The largest absolute Gasteiger partial charge is 0.495 e. The minimum Gasteiger partial charge on any atom is -0.495 e. The molecule has 27 heavy (non-hydrogen) atoms. The summed E-state index contributed by atoms with van der Waals surface area (Å²) in [5.74, 6) is -0.310. The lowest BCUT2D eigenvalue weighted by atomic mass is 9.92. The van der Waals surface area contributed by atoms with Crippen LogP contribution in [0.5, 0.6) is 5.75 Å². The van der Waals surface area contributed by atoms with Crippen LogP contribution >= 0.6 is 0 Å². The third kappa shape index (κ3) is 2.81. The summed E-state index contributed by atoms with van der Waals surface area (Å²) >= 11 is 0. The molecule has 1 aromatic heterocycles. The number of nitrogens with zero attached hydrogens (tertiary/aromatic N) is 3. The van der Waals surface area contributed by atoms with E-state index in [0.717, 1.165) is 5.56 Å². The van der Waals surface area contributed by atoms with Gasteiger partial charge in [-0.2, -0.15) is 5.10 Å². The summed E-state index contributed by atoms with van der Waals surface area (Å²) in [6.07, 6.45) is 5.24. The molecular formula is C21H17N3O3. The summed E-state index contributed by atoms with van der Waals surface area (Å²) in [4.78, 5) is 27.6. The van der Waals surface area contributed by atoms with E-state index in [2.05, 4.69) is 5.10 Å². The van der Waals surface area contributed by atoms with Crippen LogP contribution in [0.3, 0.4) is 0 Å². The molecule has 0 radical (unpaired) electrons. The minimum absolute atomic E-state index is 0.372. The van der Waals surface area contributed by atoms with E-state index >= 15 is 0 Å². The van der Waals surface area contributed by atoms with Gasteiger partial charge in [0.05, 0.1) is 19.0 Å². The number of rotatable bonds is 3. The highest BCUT2D eigenvalue weighted by atomic mass is 16.5. The standard InChI is InChI=1S/C21H17N3O3/c1-23-13-14(12-22-23)11-17-15-7-3-4-8-16(15)20(25)24(21(17)26)18-9-5-6-10-19(18)27-2/h3-13H,1-2H3/b17-11-. The average molecular weight is 359 g/mol. The molecule has 134 valence electrons. The van der Waals surface area contributed by atoms with E-state index in [9.17, 15) is 9.59 Å². The summed E-state index contributed by atoms with van der Waals surface area (Å²) in [6.45, 7) is 0. The number of carbonyl (C=O) groups excluding carboxylic acids is 2. The molecule has 0 aliphatic carbocycles. The Balaban J connectivity index is 1.92.